The van der Waals surface area contributed by atoms with Crippen LogP contribution in [0.3, 0.4) is 0 Å². The lowest BCUT2D eigenvalue weighted by Crippen LogP contribution is -2.19. The summed E-state index contributed by atoms with van der Waals surface area (Å²) in [5.41, 5.74) is 5.16. The Morgan fingerprint density at radius 1 is 0.743 bits per heavy atom. The zero-order valence-electron chi connectivity index (χ0n) is 19.7. The maximum absolute atomic E-state index is 13.1. The first-order valence-electron chi connectivity index (χ1n) is 10.9. The molecule has 3 aromatic carbocycles. The van der Waals surface area contributed by atoms with Crippen molar-refractivity contribution < 1.29 is 8.42 Å². The highest BCUT2D eigenvalue weighted by Gasteiger charge is 2.19. The summed E-state index contributed by atoms with van der Waals surface area (Å²) < 4.78 is 31.9. The van der Waals surface area contributed by atoms with E-state index < -0.39 is 10.0 Å². The molecular weight excluding hydrogens is 464 g/mol. The Bertz CT molecular complexity index is 1770. The van der Waals surface area contributed by atoms with Crippen molar-refractivity contribution in [2.75, 3.05) is 10.0 Å². The molecule has 0 radical (unpaired) electrons. The monoisotopic (exact) mass is 488 g/mol. The maximum atomic E-state index is 13.1. The highest BCUT2D eigenvalue weighted by molar-refractivity contribution is 7.92. The van der Waals surface area contributed by atoms with E-state index in [0.717, 1.165) is 22.2 Å². The number of hydrogen-bond donors (Lipinski definition) is 2. The predicted octanol–water partition coefficient (Wildman–Crippen LogP) is 3.98. The summed E-state index contributed by atoms with van der Waals surface area (Å²) in [7, 11) is -0.489. The van der Waals surface area contributed by atoms with Crippen molar-refractivity contribution in [1.29, 1.82) is 0 Å². The van der Waals surface area contributed by atoms with E-state index in [2.05, 4.69) is 20.0 Å². The van der Waals surface area contributed by atoms with Crippen LogP contribution >= 0.6 is 0 Å². The number of aromatic nitrogens is 4. The first-order chi connectivity index (χ1) is 16.6. The Kier molecular flexibility index (Phi) is 5.32. The normalized spacial score (nSPS) is 11.8. The molecule has 5 rings (SSSR count). The van der Waals surface area contributed by atoms with Crippen LogP contribution in [-0.2, 0) is 24.1 Å². The number of fused-ring (bicyclic) bond motifs is 2. The second kappa shape index (κ2) is 8.24. The molecule has 0 saturated carbocycles. The van der Waals surface area contributed by atoms with Gasteiger partial charge in [0.1, 0.15) is 0 Å². The van der Waals surface area contributed by atoms with Gasteiger partial charge in [0.15, 0.2) is 11.6 Å². The molecule has 35 heavy (non-hydrogen) atoms. The van der Waals surface area contributed by atoms with Crippen molar-refractivity contribution in [2.45, 2.75) is 18.7 Å². The van der Waals surface area contributed by atoms with Crippen molar-refractivity contribution in [3.8, 4) is 0 Å². The number of benzene rings is 3. The topological polar surface area (TPSA) is 111 Å². The van der Waals surface area contributed by atoms with E-state index in [-0.39, 0.29) is 22.2 Å². The molecule has 0 aliphatic rings. The molecule has 9 nitrogen and oxygen atoms in total. The van der Waals surface area contributed by atoms with E-state index in [4.69, 9.17) is 0 Å². The van der Waals surface area contributed by atoms with Gasteiger partial charge in [-0.1, -0.05) is 23.8 Å². The third-order valence-electron chi connectivity index (χ3n) is 5.92. The Hall–Kier alpha value is -4.18. The highest BCUT2D eigenvalue weighted by atomic mass is 32.2. The lowest BCUT2D eigenvalue weighted by atomic mass is 10.2. The van der Waals surface area contributed by atoms with Crippen LogP contribution in [0.4, 0.5) is 17.3 Å². The Labute approximate surface area is 202 Å². The predicted molar refractivity (Wildman–Crippen MR) is 138 cm³/mol. The summed E-state index contributed by atoms with van der Waals surface area (Å²) in [6.45, 7) is 3.84. The van der Waals surface area contributed by atoms with Crippen LogP contribution in [0.25, 0.3) is 22.1 Å². The van der Waals surface area contributed by atoms with Gasteiger partial charge in [0.2, 0.25) is 0 Å². The van der Waals surface area contributed by atoms with Gasteiger partial charge in [0, 0.05) is 19.8 Å². The van der Waals surface area contributed by atoms with Crippen LogP contribution in [0.5, 0.6) is 0 Å². The summed E-state index contributed by atoms with van der Waals surface area (Å²) in [5, 5.41) is 3.19. The van der Waals surface area contributed by atoms with Crippen molar-refractivity contribution >= 4 is 49.4 Å². The molecule has 10 heteroatoms. The second-order valence-electron chi connectivity index (χ2n) is 8.56. The van der Waals surface area contributed by atoms with Crippen LogP contribution in [-0.4, -0.2) is 27.5 Å². The Morgan fingerprint density at radius 3 is 2.14 bits per heavy atom. The van der Waals surface area contributed by atoms with E-state index in [9.17, 15) is 13.2 Å². The van der Waals surface area contributed by atoms with Crippen molar-refractivity contribution in [3.05, 3.63) is 82.3 Å². The van der Waals surface area contributed by atoms with Gasteiger partial charge < -0.3 is 5.32 Å². The molecule has 0 aliphatic heterocycles. The number of imidazole rings is 1. The first-order valence-corrected chi connectivity index (χ1v) is 12.4. The summed E-state index contributed by atoms with van der Waals surface area (Å²) in [5.74, 6) is 0.322. The number of sulfonamides is 1. The summed E-state index contributed by atoms with van der Waals surface area (Å²) >= 11 is 0. The third kappa shape index (κ3) is 4.12. The smallest absolute Gasteiger partial charge is 0.328 e. The van der Waals surface area contributed by atoms with Gasteiger partial charge in [0.25, 0.3) is 10.0 Å². The summed E-state index contributed by atoms with van der Waals surface area (Å²) in [6, 6.07) is 17.6. The zero-order valence-corrected chi connectivity index (χ0v) is 20.5. The molecule has 0 bridgehead atoms. The number of anilines is 3. The molecule has 0 atom stereocenters. The Balaban J connectivity index is 1.61. The van der Waals surface area contributed by atoms with E-state index >= 15 is 0 Å². The van der Waals surface area contributed by atoms with Crippen LogP contribution in [0.15, 0.2) is 70.4 Å². The van der Waals surface area contributed by atoms with Gasteiger partial charge in [-0.05, 0) is 61.9 Å². The fourth-order valence-electron chi connectivity index (χ4n) is 3.95. The average Bonchev–Trinajstić information content (AvgIpc) is 3.03. The zero-order chi connectivity index (χ0) is 24.9. The number of hydrogen-bond acceptors (Lipinski definition) is 6. The molecule has 0 aliphatic carbocycles. The summed E-state index contributed by atoms with van der Waals surface area (Å²) in [6.07, 6.45) is 0. The van der Waals surface area contributed by atoms with Crippen LogP contribution < -0.4 is 15.7 Å². The molecule has 0 fully saturated rings. The molecule has 0 amide bonds. The minimum Gasteiger partial charge on any atom is -0.337 e. The van der Waals surface area contributed by atoms with Crippen molar-refractivity contribution in [2.24, 2.45) is 14.1 Å². The van der Waals surface area contributed by atoms with E-state index in [1.165, 1.54) is 0 Å². The number of nitrogens with one attached hydrogen (secondary N) is 2. The number of aryl methyl sites for hydroxylation is 4. The molecule has 2 aromatic heterocycles. The highest BCUT2D eigenvalue weighted by Crippen LogP contribution is 2.29. The molecule has 178 valence electrons. The average molecular weight is 489 g/mol. The second-order valence-corrected chi connectivity index (χ2v) is 10.2. The van der Waals surface area contributed by atoms with E-state index in [1.54, 1.807) is 53.6 Å². The fraction of sp³-hybridized carbons (Fsp3) is 0.160. The lowest BCUT2D eigenvalue weighted by Gasteiger charge is -2.14. The van der Waals surface area contributed by atoms with Gasteiger partial charge in [-0.3, -0.25) is 13.9 Å². The standard InChI is InChI=1S/C25H24N6O3S/c1-15-5-9-18(10-6-15)35(33,34)29-24-23(28-20-13-16(2)7-11-19(20)27-24)26-17-8-12-21-22(14-17)31(4)25(32)30(21)3/h5-14H,1-4H3,(H,26,28)(H,27,29). The van der Waals surface area contributed by atoms with Crippen LogP contribution in [0.2, 0.25) is 0 Å². The van der Waals surface area contributed by atoms with Gasteiger partial charge in [-0.2, -0.15) is 0 Å². The quantitative estimate of drug-likeness (QED) is 0.387. The number of nitrogens with zero attached hydrogens (tertiary/aromatic N) is 4. The summed E-state index contributed by atoms with van der Waals surface area (Å²) in [4.78, 5) is 21.7. The molecule has 0 unspecified atom stereocenters. The van der Waals surface area contributed by atoms with Gasteiger partial charge >= 0.3 is 5.69 Å². The molecule has 0 saturated heterocycles. The molecule has 2 heterocycles. The first kappa shape index (κ1) is 22.6. The SMILES string of the molecule is Cc1ccc(S(=O)(=O)Nc2nc3ccc(C)cc3nc2Nc2ccc3c(c2)n(C)c(=O)n3C)cc1. The molecule has 0 spiro atoms. The maximum Gasteiger partial charge on any atom is 0.328 e. The third-order valence-corrected chi connectivity index (χ3v) is 7.27. The molecule has 5 aromatic rings. The van der Waals surface area contributed by atoms with Crippen molar-refractivity contribution in [3.63, 3.8) is 0 Å². The molecule has 2 N–H and O–H groups in total. The Morgan fingerprint density at radius 2 is 1.40 bits per heavy atom. The van der Waals surface area contributed by atoms with Gasteiger partial charge in [-0.25, -0.2) is 23.2 Å². The van der Waals surface area contributed by atoms with E-state index in [0.29, 0.717) is 16.7 Å². The minimum atomic E-state index is -3.91. The lowest BCUT2D eigenvalue weighted by molar-refractivity contribution is 0.601. The van der Waals surface area contributed by atoms with Gasteiger partial charge in [-0.15, -0.1) is 0 Å². The van der Waals surface area contributed by atoms with Crippen LogP contribution in [0.1, 0.15) is 11.1 Å². The number of rotatable bonds is 5. The largest absolute Gasteiger partial charge is 0.337 e. The minimum absolute atomic E-state index is 0.0731. The fourth-order valence-corrected chi connectivity index (χ4v) is 4.96. The van der Waals surface area contributed by atoms with Crippen LogP contribution in [0, 0.1) is 13.8 Å². The van der Waals surface area contributed by atoms with E-state index in [1.807, 2.05) is 44.2 Å². The molecular formula is C25H24N6O3S. The van der Waals surface area contributed by atoms with Gasteiger partial charge in [0.05, 0.1) is 27.0 Å². The van der Waals surface area contributed by atoms with Crippen molar-refractivity contribution in [1.82, 2.24) is 19.1 Å².